The van der Waals surface area contributed by atoms with Crippen molar-refractivity contribution >= 4 is 34.4 Å². The van der Waals surface area contributed by atoms with Crippen molar-refractivity contribution in [2.24, 2.45) is 17.9 Å². The van der Waals surface area contributed by atoms with Crippen molar-refractivity contribution in [1.29, 1.82) is 0 Å². The molecule has 0 radical (unpaired) electrons. The third-order valence-corrected chi connectivity index (χ3v) is 3.21. The van der Waals surface area contributed by atoms with Crippen LogP contribution in [0.25, 0.3) is 11.0 Å². The van der Waals surface area contributed by atoms with Gasteiger partial charge < -0.3 is 15.0 Å². The molecule has 0 fully saturated rings. The maximum Gasteiger partial charge on any atom is 0.450 e. The van der Waals surface area contributed by atoms with Gasteiger partial charge in [0.1, 0.15) is 10.7 Å². The molecule has 0 spiro atoms. The zero-order valence-corrected chi connectivity index (χ0v) is 12.7. The molecule has 0 aliphatic carbocycles. The Morgan fingerprint density at radius 2 is 2.13 bits per heavy atom. The van der Waals surface area contributed by atoms with Crippen LogP contribution >= 0.6 is 11.6 Å². The van der Waals surface area contributed by atoms with Crippen LogP contribution in [0, 0.1) is 0 Å². The van der Waals surface area contributed by atoms with E-state index in [9.17, 15) is 18.0 Å². The van der Waals surface area contributed by atoms with E-state index >= 15 is 0 Å². The molecule has 0 aliphatic heterocycles. The summed E-state index contributed by atoms with van der Waals surface area (Å²) in [6.45, 7) is 0. The second-order valence-electron chi connectivity index (χ2n) is 4.41. The highest BCUT2D eigenvalue weighted by molar-refractivity contribution is 6.32. The van der Waals surface area contributed by atoms with Gasteiger partial charge in [-0.3, -0.25) is 4.79 Å². The monoisotopic (exact) mass is 349 g/mol. The Bertz CT molecular complexity index is 800. The number of nitrogens with one attached hydrogen (secondary N) is 1. The van der Waals surface area contributed by atoms with Crippen LogP contribution in [0.1, 0.15) is 10.5 Å². The maximum absolute atomic E-state index is 12.2. The lowest BCUT2D eigenvalue weighted by Gasteiger charge is -2.06. The van der Waals surface area contributed by atoms with E-state index < -0.39 is 17.9 Å². The van der Waals surface area contributed by atoms with E-state index in [1.165, 1.54) is 30.9 Å². The minimum absolute atomic E-state index is 0.0237. The van der Waals surface area contributed by atoms with Gasteiger partial charge in [-0.2, -0.15) is 13.2 Å². The smallest absolute Gasteiger partial charge is 0.450 e. The van der Waals surface area contributed by atoms with Gasteiger partial charge in [-0.15, -0.1) is 5.10 Å². The Balaban J connectivity index is 2.37. The molecular formula is C12H11ClF3N5O2. The van der Waals surface area contributed by atoms with Crippen LogP contribution in [0.5, 0.6) is 5.88 Å². The van der Waals surface area contributed by atoms with E-state index in [4.69, 9.17) is 22.1 Å². The fraction of sp³-hybridized carbons (Fsp3) is 0.250. The number of halogens is 4. The van der Waals surface area contributed by atoms with Crippen molar-refractivity contribution in [3.8, 4) is 5.88 Å². The van der Waals surface area contributed by atoms with Gasteiger partial charge in [0.2, 0.25) is 11.7 Å². The first-order chi connectivity index (χ1) is 10.6. The Hall–Kier alpha value is -2.49. The zero-order valence-electron chi connectivity index (χ0n) is 11.9. The van der Waals surface area contributed by atoms with E-state index in [1.807, 2.05) is 0 Å². The molecule has 0 saturated heterocycles. The van der Waals surface area contributed by atoms with Crippen molar-refractivity contribution in [2.45, 2.75) is 6.18 Å². The molecule has 7 nitrogen and oxygen atoms in total. The Labute approximate surface area is 132 Å². The number of alkyl halides is 3. The number of hydrogen-bond donors (Lipinski definition) is 2. The Kier molecular flexibility index (Phi) is 4.37. The molecule has 0 saturated carbocycles. The maximum atomic E-state index is 12.2. The molecule has 11 heteroatoms. The van der Waals surface area contributed by atoms with Crippen molar-refractivity contribution in [3.05, 3.63) is 22.8 Å². The van der Waals surface area contributed by atoms with Gasteiger partial charge in [0, 0.05) is 7.05 Å². The first-order valence-electron chi connectivity index (χ1n) is 6.05. The van der Waals surface area contributed by atoms with Crippen LogP contribution in [0.2, 0.25) is 5.02 Å². The van der Waals surface area contributed by atoms with Crippen molar-refractivity contribution < 1.29 is 22.7 Å². The van der Waals surface area contributed by atoms with Gasteiger partial charge >= 0.3 is 6.18 Å². The lowest BCUT2D eigenvalue weighted by molar-refractivity contribution is -0.0602. The van der Waals surface area contributed by atoms with Crippen molar-refractivity contribution in [1.82, 2.24) is 15.0 Å². The highest BCUT2D eigenvalue weighted by Crippen LogP contribution is 2.28. The molecule has 3 N–H and O–H groups in total. The predicted octanol–water partition coefficient (Wildman–Crippen LogP) is 1.80. The zero-order chi connectivity index (χ0) is 17.4. The summed E-state index contributed by atoms with van der Waals surface area (Å²) >= 11 is 5.95. The fourth-order valence-electron chi connectivity index (χ4n) is 1.80. The summed E-state index contributed by atoms with van der Waals surface area (Å²) in [6, 6.07) is 2.88. The highest BCUT2D eigenvalue weighted by Gasteiger charge is 2.34. The molecule has 0 aromatic carbocycles. The van der Waals surface area contributed by atoms with Crippen LogP contribution in [0.4, 0.5) is 13.2 Å². The van der Waals surface area contributed by atoms with Crippen LogP contribution in [0.15, 0.2) is 17.2 Å². The molecule has 2 aromatic heterocycles. The number of methoxy groups -OCH3 is 1. The number of rotatable bonds is 3. The number of aryl methyl sites for hydroxylation is 1. The number of carbonyl (C=O) groups is 1. The molecule has 0 aliphatic rings. The molecule has 0 atom stereocenters. The summed E-state index contributed by atoms with van der Waals surface area (Å²) in [4.78, 5) is 16.0. The number of aromatic nitrogens is 2. The number of nitrogens with two attached hydrogens (primary N) is 1. The number of amides is 1. The van der Waals surface area contributed by atoms with E-state index in [1.54, 1.807) is 5.43 Å². The lowest BCUT2D eigenvalue weighted by atomic mass is 10.3. The third-order valence-electron chi connectivity index (χ3n) is 2.94. The summed E-state index contributed by atoms with van der Waals surface area (Å²) in [5.74, 6) is -2.38. The number of fused-ring (bicyclic) bond motifs is 1. The van der Waals surface area contributed by atoms with Gasteiger partial charge in [-0.1, -0.05) is 11.6 Å². The number of amidine groups is 1. The number of hydrogen-bond acceptors (Lipinski definition) is 4. The molecule has 23 heavy (non-hydrogen) atoms. The van der Waals surface area contributed by atoms with E-state index in [-0.39, 0.29) is 16.6 Å². The van der Waals surface area contributed by atoms with Crippen molar-refractivity contribution in [3.63, 3.8) is 0 Å². The van der Waals surface area contributed by atoms with E-state index in [2.05, 4.69) is 10.1 Å². The van der Waals surface area contributed by atoms with Gasteiger partial charge in [0.15, 0.2) is 0 Å². The highest BCUT2D eigenvalue weighted by atomic mass is 35.5. The van der Waals surface area contributed by atoms with Gasteiger partial charge in [0.05, 0.1) is 18.1 Å². The van der Waals surface area contributed by atoms with Gasteiger partial charge in [-0.05, 0) is 12.1 Å². The third kappa shape index (κ3) is 3.31. The number of nitrogens with zero attached hydrogens (tertiary/aromatic N) is 3. The van der Waals surface area contributed by atoms with E-state index in [0.717, 1.165) is 0 Å². The van der Waals surface area contributed by atoms with E-state index in [0.29, 0.717) is 11.0 Å². The first-order valence-corrected chi connectivity index (χ1v) is 6.43. The first kappa shape index (κ1) is 16.9. The largest absolute Gasteiger partial charge is 0.480 e. The summed E-state index contributed by atoms with van der Waals surface area (Å²) in [6.07, 6.45) is -4.82. The summed E-state index contributed by atoms with van der Waals surface area (Å²) in [7, 11) is 2.91. The number of hydrazone groups is 1. The van der Waals surface area contributed by atoms with Gasteiger partial charge in [-0.25, -0.2) is 10.4 Å². The fourth-order valence-corrected chi connectivity index (χ4v) is 2.02. The number of ether oxygens (including phenoxy) is 1. The quantitative estimate of drug-likeness (QED) is 0.502. The van der Waals surface area contributed by atoms with Crippen LogP contribution in [-0.2, 0) is 7.05 Å². The minimum atomic E-state index is -4.82. The summed E-state index contributed by atoms with van der Waals surface area (Å²) in [5, 5.41) is 3.05. The Morgan fingerprint density at radius 3 is 2.70 bits per heavy atom. The molecule has 2 heterocycles. The minimum Gasteiger partial charge on any atom is -0.480 e. The Morgan fingerprint density at radius 1 is 1.48 bits per heavy atom. The van der Waals surface area contributed by atoms with Crippen LogP contribution < -0.4 is 15.9 Å². The number of pyridine rings is 1. The molecule has 1 amide bonds. The van der Waals surface area contributed by atoms with Crippen LogP contribution in [0.3, 0.4) is 0 Å². The van der Waals surface area contributed by atoms with Crippen LogP contribution in [-0.4, -0.2) is 34.6 Å². The molecule has 0 unspecified atom stereocenters. The lowest BCUT2D eigenvalue weighted by Crippen LogP contribution is -2.35. The molecule has 2 rings (SSSR count). The summed E-state index contributed by atoms with van der Waals surface area (Å²) in [5.41, 5.74) is 7.35. The topological polar surface area (TPSA) is 94.5 Å². The normalized spacial score (nSPS) is 12.5. The summed E-state index contributed by atoms with van der Waals surface area (Å²) < 4.78 is 43.0. The second kappa shape index (κ2) is 5.95. The molecule has 124 valence electrons. The van der Waals surface area contributed by atoms with Crippen molar-refractivity contribution in [2.75, 3.05) is 7.11 Å². The average molecular weight is 350 g/mol. The van der Waals surface area contributed by atoms with Gasteiger partial charge in [0.25, 0.3) is 5.91 Å². The molecular weight excluding hydrogens is 339 g/mol. The molecule has 0 bridgehead atoms. The SMILES string of the molecule is COc1nc2cc(C(=O)NN=C(N)C(F)(F)F)n(C)c2cc1Cl. The standard InChI is InChI=1S/C12H11ClF3N5O2/c1-21-7-3-5(13)10(23-2)18-6(7)4-8(21)9(22)19-20-11(17)12(14,15)16/h3-4H,1-2H3,(H2,17,20)(H,19,22). The number of carbonyl (C=O) groups excluding carboxylic acids is 1. The second-order valence-corrected chi connectivity index (χ2v) is 4.82. The predicted molar refractivity (Wildman–Crippen MR) is 77.4 cm³/mol. The molecule has 2 aromatic rings. The average Bonchev–Trinajstić information content (AvgIpc) is 2.79.